The first-order valence-corrected chi connectivity index (χ1v) is 9.97. The molecule has 0 spiro atoms. The Morgan fingerprint density at radius 3 is 2.24 bits per heavy atom. The number of nitrogens with zero attached hydrogens (tertiary/aromatic N) is 2. The minimum Gasteiger partial charge on any atom is -0.314 e. The van der Waals surface area contributed by atoms with Gasteiger partial charge in [-0.15, -0.1) is 0 Å². The van der Waals surface area contributed by atoms with Gasteiger partial charge in [-0.05, 0) is 31.7 Å². The molecule has 2 heterocycles. The van der Waals surface area contributed by atoms with E-state index in [9.17, 15) is 8.42 Å². The van der Waals surface area contributed by atoms with Gasteiger partial charge in [-0.25, -0.2) is 0 Å². The molecule has 2 atom stereocenters. The minimum atomic E-state index is -3.25. The van der Waals surface area contributed by atoms with E-state index in [0.29, 0.717) is 38.1 Å². The van der Waals surface area contributed by atoms with Crippen molar-refractivity contribution < 1.29 is 8.42 Å². The van der Waals surface area contributed by atoms with E-state index < -0.39 is 10.2 Å². The molecule has 2 fully saturated rings. The molecule has 0 aromatic rings. The molecule has 0 aromatic heterocycles. The van der Waals surface area contributed by atoms with Crippen LogP contribution in [-0.4, -0.2) is 55.8 Å². The third-order valence-electron chi connectivity index (χ3n) is 4.90. The van der Waals surface area contributed by atoms with E-state index in [2.05, 4.69) is 19.2 Å². The zero-order valence-corrected chi connectivity index (χ0v) is 14.4. The van der Waals surface area contributed by atoms with Gasteiger partial charge in [0.25, 0.3) is 10.2 Å². The van der Waals surface area contributed by atoms with Crippen LogP contribution in [0.25, 0.3) is 0 Å². The lowest BCUT2D eigenvalue weighted by Crippen LogP contribution is -2.54. The van der Waals surface area contributed by atoms with Crippen LogP contribution < -0.4 is 5.32 Å². The Bertz CT molecular complexity index is 405. The molecule has 2 unspecified atom stereocenters. The van der Waals surface area contributed by atoms with Crippen LogP contribution in [0.2, 0.25) is 0 Å². The number of hydrogen-bond donors (Lipinski definition) is 1. The summed E-state index contributed by atoms with van der Waals surface area (Å²) in [5, 5.41) is 3.51. The third-order valence-corrected chi connectivity index (χ3v) is 6.91. The lowest BCUT2D eigenvalue weighted by Gasteiger charge is -2.39. The molecular weight excluding hydrogens is 286 g/mol. The predicted octanol–water partition coefficient (Wildman–Crippen LogP) is 1.82. The van der Waals surface area contributed by atoms with Crippen LogP contribution in [0.4, 0.5) is 0 Å². The zero-order chi connectivity index (χ0) is 15.3. The van der Waals surface area contributed by atoms with Crippen molar-refractivity contribution in [3.63, 3.8) is 0 Å². The molecule has 5 nitrogen and oxygen atoms in total. The number of rotatable bonds is 5. The fourth-order valence-corrected chi connectivity index (χ4v) is 5.35. The maximum atomic E-state index is 12.9. The summed E-state index contributed by atoms with van der Waals surface area (Å²) in [7, 11) is -3.25. The highest BCUT2D eigenvalue weighted by Crippen LogP contribution is 2.25. The Kier molecular flexibility index (Phi) is 6.47. The molecule has 2 aliphatic heterocycles. The second-order valence-corrected chi connectivity index (χ2v) is 8.23. The summed E-state index contributed by atoms with van der Waals surface area (Å²) in [6.45, 7) is 7.97. The highest BCUT2D eigenvalue weighted by atomic mass is 32.2. The van der Waals surface area contributed by atoms with E-state index in [-0.39, 0.29) is 0 Å². The smallest absolute Gasteiger partial charge is 0.281 e. The lowest BCUT2D eigenvalue weighted by atomic mass is 9.91. The molecule has 2 rings (SSSR count). The van der Waals surface area contributed by atoms with Gasteiger partial charge in [0.2, 0.25) is 0 Å². The van der Waals surface area contributed by atoms with E-state index in [1.807, 2.05) is 0 Å². The van der Waals surface area contributed by atoms with Gasteiger partial charge in [0.1, 0.15) is 0 Å². The van der Waals surface area contributed by atoms with Crippen LogP contribution in [-0.2, 0) is 10.2 Å². The van der Waals surface area contributed by atoms with Gasteiger partial charge in [-0.3, -0.25) is 0 Å². The van der Waals surface area contributed by atoms with Crippen molar-refractivity contribution in [1.29, 1.82) is 0 Å². The van der Waals surface area contributed by atoms with Gasteiger partial charge in [0, 0.05) is 32.2 Å². The van der Waals surface area contributed by atoms with Crippen LogP contribution >= 0.6 is 0 Å². The van der Waals surface area contributed by atoms with Crippen LogP contribution in [0, 0.1) is 5.92 Å². The summed E-state index contributed by atoms with van der Waals surface area (Å²) in [6, 6.07) is 0.468. The maximum Gasteiger partial charge on any atom is 0.281 e. The van der Waals surface area contributed by atoms with Gasteiger partial charge in [-0.2, -0.15) is 17.0 Å². The second-order valence-electron chi connectivity index (χ2n) is 6.30. The molecule has 6 heteroatoms. The quantitative estimate of drug-likeness (QED) is 0.841. The van der Waals surface area contributed by atoms with Crippen molar-refractivity contribution >= 4 is 10.2 Å². The first-order chi connectivity index (χ1) is 10.1. The maximum absolute atomic E-state index is 12.9. The standard InChI is InChI=1S/C15H31N3O2S/c1-3-14-13-18(12-9-15(14)16-4-2)21(19,20)17-10-7-5-6-8-11-17/h14-16H,3-13H2,1-2H3. The molecule has 21 heavy (non-hydrogen) atoms. The summed E-state index contributed by atoms with van der Waals surface area (Å²) in [5.74, 6) is 0.431. The highest BCUT2D eigenvalue weighted by Gasteiger charge is 2.36. The largest absolute Gasteiger partial charge is 0.314 e. The first-order valence-electron chi connectivity index (χ1n) is 8.58. The van der Waals surface area contributed by atoms with E-state index in [4.69, 9.17) is 0 Å². The first kappa shape index (κ1) is 17.2. The van der Waals surface area contributed by atoms with Crippen LogP contribution in [0.15, 0.2) is 0 Å². The summed E-state index contributed by atoms with van der Waals surface area (Å²) in [4.78, 5) is 0. The Labute approximate surface area is 130 Å². The predicted molar refractivity (Wildman–Crippen MR) is 86.4 cm³/mol. The summed E-state index contributed by atoms with van der Waals surface area (Å²) >= 11 is 0. The third kappa shape index (κ3) is 4.18. The van der Waals surface area contributed by atoms with Crippen molar-refractivity contribution in [3.8, 4) is 0 Å². The highest BCUT2D eigenvalue weighted by molar-refractivity contribution is 7.86. The van der Waals surface area contributed by atoms with Gasteiger partial charge >= 0.3 is 0 Å². The number of hydrogen-bond acceptors (Lipinski definition) is 3. The summed E-state index contributed by atoms with van der Waals surface area (Å²) in [5.41, 5.74) is 0. The Morgan fingerprint density at radius 1 is 1.00 bits per heavy atom. The van der Waals surface area contributed by atoms with Gasteiger partial charge in [-0.1, -0.05) is 33.1 Å². The molecular formula is C15H31N3O2S. The van der Waals surface area contributed by atoms with E-state index in [1.165, 1.54) is 0 Å². The molecule has 124 valence electrons. The zero-order valence-electron chi connectivity index (χ0n) is 13.6. The van der Waals surface area contributed by atoms with Crippen LogP contribution in [0.5, 0.6) is 0 Å². The topological polar surface area (TPSA) is 52.7 Å². The van der Waals surface area contributed by atoms with Gasteiger partial charge < -0.3 is 5.32 Å². The van der Waals surface area contributed by atoms with E-state index >= 15 is 0 Å². The fraction of sp³-hybridized carbons (Fsp3) is 1.00. The van der Waals surface area contributed by atoms with Crippen LogP contribution in [0.1, 0.15) is 52.4 Å². The fourth-order valence-electron chi connectivity index (χ4n) is 3.59. The molecule has 0 bridgehead atoms. The van der Waals surface area contributed by atoms with Crippen molar-refractivity contribution in [2.75, 3.05) is 32.7 Å². The van der Waals surface area contributed by atoms with Crippen molar-refractivity contribution in [1.82, 2.24) is 13.9 Å². The average molecular weight is 317 g/mol. The molecule has 2 aliphatic rings. The Hall–Kier alpha value is -0.170. The summed E-state index contributed by atoms with van der Waals surface area (Å²) < 4.78 is 29.2. The van der Waals surface area contributed by atoms with Crippen LogP contribution in [0.3, 0.4) is 0 Å². The van der Waals surface area contributed by atoms with E-state index in [0.717, 1.165) is 45.1 Å². The normalized spacial score (nSPS) is 30.2. The number of nitrogens with one attached hydrogen (secondary N) is 1. The average Bonchev–Trinajstić information content (AvgIpc) is 2.77. The Balaban J connectivity index is 2.03. The monoisotopic (exact) mass is 317 g/mol. The van der Waals surface area contributed by atoms with Crippen molar-refractivity contribution in [2.24, 2.45) is 5.92 Å². The lowest BCUT2D eigenvalue weighted by molar-refractivity contribution is 0.194. The molecule has 0 radical (unpaired) electrons. The van der Waals surface area contributed by atoms with Gasteiger partial charge in [0.15, 0.2) is 0 Å². The molecule has 2 saturated heterocycles. The minimum absolute atomic E-state index is 0.431. The second kappa shape index (κ2) is 7.90. The van der Waals surface area contributed by atoms with E-state index in [1.54, 1.807) is 8.61 Å². The number of piperidine rings is 1. The van der Waals surface area contributed by atoms with Crippen molar-refractivity contribution in [2.45, 2.75) is 58.4 Å². The molecule has 1 N–H and O–H groups in total. The SMILES string of the molecule is CCNC1CCN(S(=O)(=O)N2CCCCCC2)CC1CC. The molecule has 0 aromatic carbocycles. The van der Waals surface area contributed by atoms with Crippen molar-refractivity contribution in [3.05, 3.63) is 0 Å². The Morgan fingerprint density at radius 2 is 1.67 bits per heavy atom. The van der Waals surface area contributed by atoms with Gasteiger partial charge in [0.05, 0.1) is 0 Å². The molecule has 0 aliphatic carbocycles. The molecule has 0 amide bonds. The molecule has 0 saturated carbocycles. The summed E-state index contributed by atoms with van der Waals surface area (Å²) in [6.07, 6.45) is 6.29.